The summed E-state index contributed by atoms with van der Waals surface area (Å²) in [6.45, 7) is 0. The Labute approximate surface area is 158 Å². The maximum atomic E-state index is 12.4. The molecule has 27 heavy (non-hydrogen) atoms. The number of fused-ring (bicyclic) bond motifs is 1. The summed E-state index contributed by atoms with van der Waals surface area (Å²) in [6, 6.07) is 9.55. The van der Waals surface area contributed by atoms with Crippen molar-refractivity contribution >= 4 is 35.3 Å². The SMILES string of the molecule is O=C(/C=C/c1ccco1)Nc1c2c(nn1-c1ccc([N+](=O)[O-])cc1)CSC2. The van der Waals surface area contributed by atoms with Crippen LogP contribution in [0.2, 0.25) is 0 Å². The standard InChI is InChI=1S/C18H14N4O4S/c23-17(8-7-14-2-1-9-26-14)19-18-15-10-27-11-16(15)20-21(18)12-3-5-13(6-4-12)22(24)25/h1-9H,10-11H2,(H,19,23)/b8-7+. The monoisotopic (exact) mass is 382 g/mol. The van der Waals surface area contributed by atoms with Crippen LogP contribution in [0.3, 0.4) is 0 Å². The zero-order valence-corrected chi connectivity index (χ0v) is 14.8. The molecule has 8 nitrogen and oxygen atoms in total. The molecule has 1 amide bonds. The maximum absolute atomic E-state index is 12.4. The number of nitrogens with one attached hydrogen (secondary N) is 1. The highest BCUT2D eigenvalue weighted by atomic mass is 32.2. The third-order valence-corrected chi connectivity index (χ3v) is 5.01. The van der Waals surface area contributed by atoms with Crippen molar-refractivity contribution in [3.8, 4) is 5.69 Å². The van der Waals surface area contributed by atoms with Crippen molar-refractivity contribution in [2.75, 3.05) is 5.32 Å². The van der Waals surface area contributed by atoms with Crippen LogP contribution in [-0.2, 0) is 16.3 Å². The first kappa shape index (κ1) is 17.1. The molecule has 136 valence electrons. The Morgan fingerprint density at radius 1 is 1.30 bits per heavy atom. The van der Waals surface area contributed by atoms with Crippen molar-refractivity contribution in [1.82, 2.24) is 9.78 Å². The molecule has 0 spiro atoms. The van der Waals surface area contributed by atoms with Gasteiger partial charge in [0.15, 0.2) is 0 Å². The van der Waals surface area contributed by atoms with Crippen LogP contribution in [0.1, 0.15) is 17.0 Å². The Morgan fingerprint density at radius 2 is 2.11 bits per heavy atom. The number of carbonyl (C=O) groups is 1. The molecular weight excluding hydrogens is 368 g/mol. The van der Waals surface area contributed by atoms with Gasteiger partial charge >= 0.3 is 0 Å². The van der Waals surface area contributed by atoms with E-state index in [1.165, 1.54) is 24.5 Å². The summed E-state index contributed by atoms with van der Waals surface area (Å²) in [6.07, 6.45) is 4.50. The lowest BCUT2D eigenvalue weighted by Crippen LogP contribution is -2.13. The number of non-ortho nitro benzene ring substituents is 1. The van der Waals surface area contributed by atoms with Gasteiger partial charge in [-0.15, -0.1) is 0 Å². The van der Waals surface area contributed by atoms with E-state index in [2.05, 4.69) is 10.4 Å². The number of rotatable bonds is 5. The van der Waals surface area contributed by atoms with Crippen molar-refractivity contribution in [2.24, 2.45) is 0 Å². The van der Waals surface area contributed by atoms with Gasteiger partial charge in [-0.25, -0.2) is 4.68 Å². The minimum absolute atomic E-state index is 0.000898. The van der Waals surface area contributed by atoms with Crippen LogP contribution in [0.4, 0.5) is 11.5 Å². The molecule has 0 saturated carbocycles. The topological polar surface area (TPSA) is 103 Å². The second kappa shape index (κ2) is 7.12. The van der Waals surface area contributed by atoms with Gasteiger partial charge in [0.05, 0.1) is 22.6 Å². The molecule has 0 atom stereocenters. The van der Waals surface area contributed by atoms with Crippen LogP contribution in [0.15, 0.2) is 53.2 Å². The predicted molar refractivity (Wildman–Crippen MR) is 102 cm³/mol. The van der Waals surface area contributed by atoms with Gasteiger partial charge in [-0.2, -0.15) is 16.9 Å². The number of nitro benzene ring substituents is 1. The van der Waals surface area contributed by atoms with Crippen LogP contribution in [0.25, 0.3) is 11.8 Å². The molecule has 1 aliphatic heterocycles. The predicted octanol–water partition coefficient (Wildman–Crippen LogP) is 3.77. The zero-order chi connectivity index (χ0) is 18.8. The first-order valence-corrected chi connectivity index (χ1v) is 9.23. The van der Waals surface area contributed by atoms with Gasteiger partial charge in [-0.05, 0) is 30.3 Å². The van der Waals surface area contributed by atoms with Crippen molar-refractivity contribution in [2.45, 2.75) is 11.5 Å². The second-order valence-electron chi connectivity index (χ2n) is 5.79. The summed E-state index contributed by atoms with van der Waals surface area (Å²) in [7, 11) is 0. The summed E-state index contributed by atoms with van der Waals surface area (Å²) in [5.41, 5.74) is 2.52. The number of nitro groups is 1. The van der Waals surface area contributed by atoms with E-state index in [1.54, 1.807) is 46.8 Å². The normalized spacial score (nSPS) is 13.0. The third kappa shape index (κ3) is 3.49. The first-order valence-electron chi connectivity index (χ1n) is 8.08. The highest BCUT2D eigenvalue weighted by molar-refractivity contribution is 7.98. The second-order valence-corrected chi connectivity index (χ2v) is 6.78. The minimum atomic E-state index is -0.453. The molecule has 1 aromatic carbocycles. The van der Waals surface area contributed by atoms with E-state index < -0.39 is 4.92 Å². The Hall–Kier alpha value is -3.33. The smallest absolute Gasteiger partial charge is 0.269 e. The zero-order valence-electron chi connectivity index (χ0n) is 14.0. The molecule has 3 aromatic rings. The summed E-state index contributed by atoms with van der Waals surface area (Å²) in [5, 5.41) is 18.3. The van der Waals surface area contributed by atoms with Crippen molar-refractivity contribution in [3.05, 3.63) is 75.9 Å². The molecule has 0 bridgehead atoms. The highest BCUT2D eigenvalue weighted by Gasteiger charge is 2.24. The lowest BCUT2D eigenvalue weighted by atomic mass is 10.2. The Morgan fingerprint density at radius 3 is 2.81 bits per heavy atom. The fourth-order valence-electron chi connectivity index (χ4n) is 2.75. The molecule has 1 aliphatic rings. The Kier molecular flexibility index (Phi) is 4.51. The number of aromatic nitrogens is 2. The van der Waals surface area contributed by atoms with Gasteiger partial charge in [0, 0.05) is 35.3 Å². The average Bonchev–Trinajstić information content (AvgIpc) is 3.39. The number of anilines is 1. The van der Waals surface area contributed by atoms with E-state index >= 15 is 0 Å². The fraction of sp³-hybridized carbons (Fsp3) is 0.111. The molecule has 0 aliphatic carbocycles. The van der Waals surface area contributed by atoms with Crippen LogP contribution >= 0.6 is 11.8 Å². The molecule has 0 fully saturated rings. The lowest BCUT2D eigenvalue weighted by Gasteiger charge is -2.09. The highest BCUT2D eigenvalue weighted by Crippen LogP contribution is 2.36. The Bertz CT molecular complexity index is 1020. The van der Waals surface area contributed by atoms with Gasteiger partial charge < -0.3 is 9.73 Å². The summed E-state index contributed by atoms with van der Waals surface area (Å²) in [4.78, 5) is 22.8. The molecule has 0 unspecified atom stereocenters. The number of benzene rings is 1. The number of hydrogen-bond acceptors (Lipinski definition) is 6. The van der Waals surface area contributed by atoms with E-state index in [1.807, 2.05) is 0 Å². The number of carbonyl (C=O) groups excluding carboxylic acids is 1. The van der Waals surface area contributed by atoms with E-state index in [0.29, 0.717) is 17.3 Å². The summed E-state index contributed by atoms with van der Waals surface area (Å²) in [5.74, 6) is 2.36. The van der Waals surface area contributed by atoms with Crippen LogP contribution in [0, 0.1) is 10.1 Å². The van der Waals surface area contributed by atoms with Gasteiger partial charge in [-0.1, -0.05) is 0 Å². The third-order valence-electron chi connectivity index (χ3n) is 4.04. The molecule has 0 saturated heterocycles. The van der Waals surface area contributed by atoms with Gasteiger partial charge in [0.2, 0.25) is 5.91 Å². The average molecular weight is 382 g/mol. The van der Waals surface area contributed by atoms with E-state index in [-0.39, 0.29) is 11.6 Å². The quantitative estimate of drug-likeness (QED) is 0.409. The van der Waals surface area contributed by atoms with Crippen molar-refractivity contribution < 1.29 is 14.1 Å². The number of hydrogen-bond donors (Lipinski definition) is 1. The maximum Gasteiger partial charge on any atom is 0.269 e. The molecular formula is C18H14N4O4S. The van der Waals surface area contributed by atoms with Gasteiger partial charge in [0.1, 0.15) is 11.6 Å². The Balaban J connectivity index is 1.63. The van der Waals surface area contributed by atoms with Crippen molar-refractivity contribution in [1.29, 1.82) is 0 Å². The van der Waals surface area contributed by atoms with Gasteiger partial charge in [0.25, 0.3) is 5.69 Å². The minimum Gasteiger partial charge on any atom is -0.465 e. The van der Waals surface area contributed by atoms with Crippen LogP contribution in [-0.4, -0.2) is 20.6 Å². The molecule has 4 rings (SSSR count). The largest absolute Gasteiger partial charge is 0.465 e. The number of furan rings is 1. The molecule has 1 N–H and O–H groups in total. The summed E-state index contributed by atoms with van der Waals surface area (Å²) >= 11 is 1.72. The van der Waals surface area contributed by atoms with Crippen LogP contribution < -0.4 is 5.32 Å². The number of nitrogens with zero attached hydrogens (tertiary/aromatic N) is 3. The number of amides is 1. The molecule has 3 heterocycles. The number of thioether (sulfide) groups is 1. The molecule has 9 heteroatoms. The van der Waals surface area contributed by atoms with Crippen LogP contribution in [0.5, 0.6) is 0 Å². The van der Waals surface area contributed by atoms with E-state index in [0.717, 1.165) is 22.8 Å². The van der Waals surface area contributed by atoms with E-state index in [9.17, 15) is 14.9 Å². The van der Waals surface area contributed by atoms with E-state index in [4.69, 9.17) is 4.42 Å². The fourth-order valence-corrected chi connectivity index (χ4v) is 3.78. The first-order chi connectivity index (χ1) is 13.1. The van der Waals surface area contributed by atoms with Crippen molar-refractivity contribution in [3.63, 3.8) is 0 Å². The van der Waals surface area contributed by atoms with Gasteiger partial charge in [-0.3, -0.25) is 14.9 Å². The molecule has 2 aromatic heterocycles. The summed E-state index contributed by atoms with van der Waals surface area (Å²) < 4.78 is 6.79. The lowest BCUT2D eigenvalue weighted by molar-refractivity contribution is -0.384. The molecule has 0 radical (unpaired) electrons.